The number of benzene rings is 2. The van der Waals surface area contributed by atoms with Gasteiger partial charge in [-0.05, 0) is 24.3 Å². The molecule has 0 atom stereocenters. The fourth-order valence-electron chi connectivity index (χ4n) is 2.89. The molecule has 0 saturated heterocycles. The number of fused-ring (bicyclic) bond motifs is 1. The lowest BCUT2D eigenvalue weighted by Gasteiger charge is -2.14. The average molecular weight is 412 g/mol. The zero-order chi connectivity index (χ0) is 19.5. The van der Waals surface area contributed by atoms with Crippen LogP contribution in [0.1, 0.15) is 17.3 Å². The van der Waals surface area contributed by atoms with Crippen molar-refractivity contribution in [2.75, 3.05) is 7.05 Å². The van der Waals surface area contributed by atoms with E-state index in [-0.39, 0.29) is 5.91 Å². The second-order valence-electron chi connectivity index (χ2n) is 6.42. The van der Waals surface area contributed by atoms with Gasteiger partial charge in [-0.2, -0.15) is 0 Å². The number of aromatic nitrogens is 2. The standard InChI is InChI=1S/C21H18ClN3O2S/c1-25(13-20-24-16-8-4-5-9-18(16)28-20)21(26)11-10-19-23-12-17(27-19)14-6-2-3-7-15(14)22/h2-9,12H,10-11,13H2,1H3. The van der Waals surface area contributed by atoms with Gasteiger partial charge in [-0.1, -0.05) is 35.9 Å². The van der Waals surface area contributed by atoms with Gasteiger partial charge in [0.05, 0.1) is 28.0 Å². The average Bonchev–Trinajstić information content (AvgIpc) is 3.32. The Morgan fingerprint density at radius 2 is 1.96 bits per heavy atom. The van der Waals surface area contributed by atoms with Crippen LogP contribution in [0, 0.1) is 0 Å². The van der Waals surface area contributed by atoms with Gasteiger partial charge in [-0.3, -0.25) is 4.79 Å². The molecular formula is C21H18ClN3O2S. The molecule has 2 aromatic carbocycles. The van der Waals surface area contributed by atoms with E-state index in [0.717, 1.165) is 20.8 Å². The van der Waals surface area contributed by atoms with E-state index in [1.54, 1.807) is 35.5 Å². The molecule has 4 aromatic rings. The van der Waals surface area contributed by atoms with Gasteiger partial charge in [-0.25, -0.2) is 9.97 Å². The van der Waals surface area contributed by atoms with E-state index < -0.39 is 0 Å². The SMILES string of the molecule is CN(Cc1nc2ccccc2s1)C(=O)CCc1ncc(-c2ccccc2Cl)o1. The van der Waals surface area contributed by atoms with E-state index in [1.165, 1.54) is 0 Å². The van der Waals surface area contributed by atoms with Crippen LogP contribution in [-0.2, 0) is 17.8 Å². The first-order valence-corrected chi connectivity index (χ1v) is 10.1. The highest BCUT2D eigenvalue weighted by Gasteiger charge is 2.15. The van der Waals surface area contributed by atoms with Gasteiger partial charge in [0.15, 0.2) is 11.7 Å². The molecule has 5 nitrogen and oxygen atoms in total. The summed E-state index contributed by atoms with van der Waals surface area (Å²) in [6.07, 6.45) is 2.41. The Hall–Kier alpha value is -2.70. The summed E-state index contributed by atoms with van der Waals surface area (Å²) < 4.78 is 6.89. The molecule has 0 unspecified atom stereocenters. The van der Waals surface area contributed by atoms with E-state index in [9.17, 15) is 4.79 Å². The van der Waals surface area contributed by atoms with Gasteiger partial charge in [0.1, 0.15) is 5.01 Å². The molecule has 0 radical (unpaired) electrons. The van der Waals surface area contributed by atoms with Crippen LogP contribution in [0.15, 0.2) is 59.1 Å². The van der Waals surface area contributed by atoms with Gasteiger partial charge in [0.2, 0.25) is 5.91 Å². The van der Waals surface area contributed by atoms with Crippen LogP contribution in [0.3, 0.4) is 0 Å². The Balaban J connectivity index is 1.35. The minimum absolute atomic E-state index is 0.0248. The lowest BCUT2D eigenvalue weighted by Crippen LogP contribution is -2.26. The van der Waals surface area contributed by atoms with Crippen LogP contribution < -0.4 is 0 Å². The summed E-state index contributed by atoms with van der Waals surface area (Å²) >= 11 is 7.80. The molecular weight excluding hydrogens is 394 g/mol. The molecule has 0 fully saturated rings. The van der Waals surface area contributed by atoms with E-state index in [4.69, 9.17) is 16.0 Å². The maximum atomic E-state index is 12.5. The first-order chi connectivity index (χ1) is 13.6. The zero-order valence-electron chi connectivity index (χ0n) is 15.3. The monoisotopic (exact) mass is 411 g/mol. The van der Waals surface area contributed by atoms with E-state index in [2.05, 4.69) is 9.97 Å². The van der Waals surface area contributed by atoms with E-state index in [0.29, 0.717) is 36.1 Å². The number of hydrogen-bond donors (Lipinski definition) is 0. The normalized spacial score (nSPS) is 11.1. The Labute approximate surface area is 171 Å². The number of carbonyl (C=O) groups is 1. The summed E-state index contributed by atoms with van der Waals surface area (Å²) in [6.45, 7) is 0.495. The Bertz CT molecular complexity index is 1090. The molecule has 2 heterocycles. The predicted molar refractivity (Wildman–Crippen MR) is 111 cm³/mol. The second kappa shape index (κ2) is 8.12. The van der Waals surface area contributed by atoms with Crippen molar-refractivity contribution in [1.82, 2.24) is 14.9 Å². The summed E-state index contributed by atoms with van der Waals surface area (Å²) in [5.74, 6) is 1.16. The lowest BCUT2D eigenvalue weighted by atomic mass is 10.2. The number of thiazole rings is 1. The number of oxazole rings is 1. The van der Waals surface area contributed by atoms with Crippen LogP contribution >= 0.6 is 22.9 Å². The highest BCUT2D eigenvalue weighted by molar-refractivity contribution is 7.18. The Kier molecular flexibility index (Phi) is 5.41. The molecule has 28 heavy (non-hydrogen) atoms. The van der Waals surface area contributed by atoms with Crippen LogP contribution in [0.4, 0.5) is 0 Å². The molecule has 0 N–H and O–H groups in total. The summed E-state index contributed by atoms with van der Waals surface area (Å²) in [5, 5.41) is 1.53. The summed E-state index contributed by atoms with van der Waals surface area (Å²) in [6, 6.07) is 15.4. The molecule has 0 bridgehead atoms. The minimum atomic E-state index is 0.0248. The van der Waals surface area contributed by atoms with Crippen molar-refractivity contribution < 1.29 is 9.21 Å². The number of halogens is 1. The van der Waals surface area contributed by atoms with Crippen molar-refractivity contribution in [1.29, 1.82) is 0 Å². The third-order valence-corrected chi connectivity index (χ3v) is 5.73. The zero-order valence-corrected chi connectivity index (χ0v) is 16.8. The molecule has 0 saturated carbocycles. The molecule has 4 rings (SSSR count). The van der Waals surface area contributed by atoms with Gasteiger partial charge in [0, 0.05) is 25.5 Å². The fourth-order valence-corrected chi connectivity index (χ4v) is 4.14. The van der Waals surface area contributed by atoms with Gasteiger partial charge in [0.25, 0.3) is 0 Å². The first kappa shape index (κ1) is 18.7. The number of aryl methyl sites for hydroxylation is 1. The highest BCUT2D eigenvalue weighted by Crippen LogP contribution is 2.28. The maximum absolute atomic E-state index is 12.5. The topological polar surface area (TPSA) is 59.2 Å². The number of rotatable bonds is 6. The summed E-state index contributed by atoms with van der Waals surface area (Å²) in [7, 11) is 1.79. The smallest absolute Gasteiger partial charge is 0.223 e. The summed E-state index contributed by atoms with van der Waals surface area (Å²) in [4.78, 5) is 23.0. The molecule has 1 amide bonds. The van der Waals surface area contributed by atoms with Crippen LogP contribution in [0.2, 0.25) is 5.02 Å². The van der Waals surface area contributed by atoms with Crippen LogP contribution in [-0.4, -0.2) is 27.8 Å². The summed E-state index contributed by atoms with van der Waals surface area (Å²) in [5.41, 5.74) is 1.76. The molecule has 0 aliphatic heterocycles. The van der Waals surface area contributed by atoms with Crippen molar-refractivity contribution >= 4 is 39.1 Å². The van der Waals surface area contributed by atoms with Crippen molar-refractivity contribution in [2.24, 2.45) is 0 Å². The molecule has 142 valence electrons. The van der Waals surface area contributed by atoms with Crippen molar-refractivity contribution in [3.8, 4) is 11.3 Å². The quantitative estimate of drug-likeness (QED) is 0.437. The number of hydrogen-bond acceptors (Lipinski definition) is 5. The fraction of sp³-hybridized carbons (Fsp3) is 0.190. The van der Waals surface area contributed by atoms with E-state index >= 15 is 0 Å². The molecule has 0 aliphatic carbocycles. The largest absolute Gasteiger partial charge is 0.441 e. The maximum Gasteiger partial charge on any atom is 0.223 e. The molecule has 0 aliphatic rings. The van der Waals surface area contributed by atoms with Crippen molar-refractivity contribution in [2.45, 2.75) is 19.4 Å². The Morgan fingerprint density at radius 1 is 1.18 bits per heavy atom. The highest BCUT2D eigenvalue weighted by atomic mass is 35.5. The molecule has 0 spiro atoms. The van der Waals surface area contributed by atoms with Crippen molar-refractivity contribution in [3.05, 3.63) is 70.6 Å². The predicted octanol–water partition coefficient (Wildman–Crippen LogP) is 5.20. The van der Waals surface area contributed by atoms with Crippen molar-refractivity contribution in [3.63, 3.8) is 0 Å². The van der Waals surface area contributed by atoms with Crippen LogP contribution in [0.5, 0.6) is 0 Å². The third kappa shape index (κ3) is 4.08. The molecule has 7 heteroatoms. The minimum Gasteiger partial charge on any atom is -0.441 e. The van der Waals surface area contributed by atoms with Gasteiger partial charge in [-0.15, -0.1) is 11.3 Å². The number of carbonyl (C=O) groups excluding carboxylic acids is 1. The third-order valence-electron chi connectivity index (χ3n) is 4.38. The Morgan fingerprint density at radius 3 is 2.79 bits per heavy atom. The number of para-hydroxylation sites is 1. The van der Waals surface area contributed by atoms with Gasteiger partial charge >= 0.3 is 0 Å². The lowest BCUT2D eigenvalue weighted by molar-refractivity contribution is -0.130. The number of amides is 1. The van der Waals surface area contributed by atoms with Crippen LogP contribution in [0.25, 0.3) is 21.5 Å². The first-order valence-electron chi connectivity index (χ1n) is 8.88. The number of nitrogens with zero attached hydrogens (tertiary/aromatic N) is 3. The van der Waals surface area contributed by atoms with E-state index in [1.807, 2.05) is 42.5 Å². The van der Waals surface area contributed by atoms with Gasteiger partial charge < -0.3 is 9.32 Å². The second-order valence-corrected chi connectivity index (χ2v) is 7.95. The molecule has 2 aromatic heterocycles.